The molecule has 0 saturated heterocycles. The molecule has 0 saturated carbocycles. The molecule has 1 aromatic carbocycles. The van der Waals surface area contributed by atoms with E-state index in [1.807, 2.05) is 4.98 Å². The number of rotatable bonds is 4. The van der Waals surface area contributed by atoms with Crippen molar-refractivity contribution in [3.63, 3.8) is 0 Å². The zero-order valence-corrected chi connectivity index (χ0v) is 10.6. The Morgan fingerprint density at radius 3 is 2.43 bits per heavy atom. The van der Waals surface area contributed by atoms with Crippen LogP contribution in [0, 0.1) is 10.1 Å². The third-order valence-electron chi connectivity index (χ3n) is 2.55. The van der Waals surface area contributed by atoms with E-state index in [1.165, 1.54) is 24.3 Å². The normalized spacial score (nSPS) is 10.1. The summed E-state index contributed by atoms with van der Waals surface area (Å²) in [7, 11) is 0. The zero-order chi connectivity index (χ0) is 15.4. The average Bonchev–Trinajstić information content (AvgIpc) is 2.37. The SMILES string of the molecule is O=C(Cc1ccc([N+](=O)[O-])cc1)Nc1cc(=O)[nH]c(=O)[nH]1. The number of aromatic nitrogens is 2. The number of hydrogen-bond donors (Lipinski definition) is 3. The van der Waals surface area contributed by atoms with Gasteiger partial charge in [-0.15, -0.1) is 0 Å². The number of anilines is 1. The van der Waals surface area contributed by atoms with Crippen LogP contribution >= 0.6 is 0 Å². The van der Waals surface area contributed by atoms with Crippen LogP contribution in [-0.4, -0.2) is 20.8 Å². The molecule has 0 atom stereocenters. The van der Waals surface area contributed by atoms with Crippen molar-refractivity contribution in [2.24, 2.45) is 0 Å². The molecular formula is C12H10N4O5. The minimum absolute atomic E-state index is 0.0179. The van der Waals surface area contributed by atoms with E-state index in [2.05, 4.69) is 10.3 Å². The number of nitrogens with zero attached hydrogens (tertiary/aromatic N) is 1. The average molecular weight is 290 g/mol. The number of carbonyl (C=O) groups excluding carboxylic acids is 1. The first kappa shape index (κ1) is 14.2. The molecule has 0 radical (unpaired) electrons. The predicted octanol–water partition coefficient (Wildman–Crippen LogP) is 0.153. The molecule has 0 aliphatic carbocycles. The van der Waals surface area contributed by atoms with E-state index in [9.17, 15) is 24.5 Å². The van der Waals surface area contributed by atoms with Gasteiger partial charge >= 0.3 is 5.69 Å². The van der Waals surface area contributed by atoms with Crippen molar-refractivity contribution in [2.75, 3.05) is 5.32 Å². The largest absolute Gasteiger partial charge is 0.327 e. The topological polar surface area (TPSA) is 138 Å². The van der Waals surface area contributed by atoms with E-state index in [-0.39, 0.29) is 17.9 Å². The van der Waals surface area contributed by atoms with Crippen LogP contribution in [0.5, 0.6) is 0 Å². The van der Waals surface area contributed by atoms with Crippen molar-refractivity contribution in [1.82, 2.24) is 9.97 Å². The Labute approximate surface area is 116 Å². The monoisotopic (exact) mass is 290 g/mol. The molecule has 0 aliphatic rings. The van der Waals surface area contributed by atoms with Gasteiger partial charge in [0, 0.05) is 18.2 Å². The lowest BCUT2D eigenvalue weighted by Crippen LogP contribution is -2.25. The molecule has 1 aromatic heterocycles. The molecule has 3 N–H and O–H groups in total. The van der Waals surface area contributed by atoms with Gasteiger partial charge in [-0.1, -0.05) is 12.1 Å². The minimum atomic E-state index is -0.729. The fourth-order valence-corrected chi connectivity index (χ4v) is 1.65. The second-order valence-electron chi connectivity index (χ2n) is 4.15. The van der Waals surface area contributed by atoms with Gasteiger partial charge in [0.1, 0.15) is 5.82 Å². The van der Waals surface area contributed by atoms with Crippen LogP contribution in [-0.2, 0) is 11.2 Å². The number of aromatic amines is 2. The molecule has 0 aliphatic heterocycles. The van der Waals surface area contributed by atoms with E-state index in [4.69, 9.17) is 0 Å². The number of benzene rings is 1. The Kier molecular flexibility index (Phi) is 3.93. The molecule has 9 heteroatoms. The van der Waals surface area contributed by atoms with E-state index >= 15 is 0 Å². The molecule has 0 spiro atoms. The van der Waals surface area contributed by atoms with Crippen molar-refractivity contribution in [3.05, 3.63) is 66.8 Å². The van der Waals surface area contributed by atoms with Crippen LogP contribution in [0.1, 0.15) is 5.56 Å². The summed E-state index contributed by atoms with van der Waals surface area (Å²) in [4.78, 5) is 48.0. The van der Waals surface area contributed by atoms with Gasteiger partial charge in [0.05, 0.1) is 11.3 Å². The van der Waals surface area contributed by atoms with E-state index in [0.29, 0.717) is 5.56 Å². The Balaban J connectivity index is 2.06. The molecule has 9 nitrogen and oxygen atoms in total. The lowest BCUT2D eigenvalue weighted by molar-refractivity contribution is -0.384. The van der Waals surface area contributed by atoms with Crippen LogP contribution in [0.4, 0.5) is 11.5 Å². The molecule has 1 amide bonds. The summed E-state index contributed by atoms with van der Waals surface area (Å²) in [5.74, 6) is -0.485. The van der Waals surface area contributed by atoms with E-state index in [0.717, 1.165) is 6.07 Å². The Bertz CT molecular complexity index is 762. The number of hydrogen-bond acceptors (Lipinski definition) is 5. The minimum Gasteiger partial charge on any atom is -0.312 e. The summed E-state index contributed by atoms with van der Waals surface area (Å²) in [5, 5.41) is 12.9. The highest BCUT2D eigenvalue weighted by Crippen LogP contribution is 2.12. The number of H-pyrrole nitrogens is 2. The van der Waals surface area contributed by atoms with Gasteiger partial charge in [0.25, 0.3) is 11.2 Å². The van der Waals surface area contributed by atoms with Crippen LogP contribution in [0.2, 0.25) is 0 Å². The van der Waals surface area contributed by atoms with Crippen LogP contribution in [0.3, 0.4) is 0 Å². The number of nitrogens with one attached hydrogen (secondary N) is 3. The second kappa shape index (κ2) is 5.82. The maximum absolute atomic E-state index is 11.7. The molecule has 0 unspecified atom stereocenters. The fourth-order valence-electron chi connectivity index (χ4n) is 1.65. The summed E-state index contributed by atoms with van der Waals surface area (Å²) in [6.07, 6.45) is -0.0488. The lowest BCUT2D eigenvalue weighted by Gasteiger charge is -2.04. The van der Waals surface area contributed by atoms with Crippen LogP contribution in [0.25, 0.3) is 0 Å². The van der Waals surface area contributed by atoms with Gasteiger partial charge < -0.3 is 5.32 Å². The molecule has 21 heavy (non-hydrogen) atoms. The van der Waals surface area contributed by atoms with Gasteiger partial charge in [-0.25, -0.2) is 4.79 Å². The Morgan fingerprint density at radius 1 is 1.19 bits per heavy atom. The Morgan fingerprint density at radius 2 is 1.86 bits per heavy atom. The highest BCUT2D eigenvalue weighted by molar-refractivity contribution is 5.91. The number of amides is 1. The second-order valence-corrected chi connectivity index (χ2v) is 4.15. The summed E-state index contributed by atoms with van der Waals surface area (Å²) in [5.41, 5.74) is -0.874. The highest BCUT2D eigenvalue weighted by Gasteiger charge is 2.08. The van der Waals surface area contributed by atoms with Crippen LogP contribution in [0.15, 0.2) is 39.9 Å². The first-order valence-electron chi connectivity index (χ1n) is 5.81. The number of non-ortho nitro benzene ring substituents is 1. The van der Waals surface area contributed by atoms with E-state index < -0.39 is 22.1 Å². The third-order valence-corrected chi connectivity index (χ3v) is 2.55. The predicted molar refractivity (Wildman–Crippen MR) is 73.1 cm³/mol. The van der Waals surface area contributed by atoms with Crippen molar-refractivity contribution in [3.8, 4) is 0 Å². The highest BCUT2D eigenvalue weighted by atomic mass is 16.6. The number of nitro groups is 1. The Hall–Kier alpha value is -3.23. The first-order valence-corrected chi connectivity index (χ1v) is 5.81. The molecule has 2 aromatic rings. The summed E-state index contributed by atoms with van der Waals surface area (Å²) >= 11 is 0. The summed E-state index contributed by atoms with van der Waals surface area (Å²) in [6.45, 7) is 0. The maximum Gasteiger partial charge on any atom is 0.327 e. The molecule has 2 rings (SSSR count). The van der Waals surface area contributed by atoms with Gasteiger partial charge in [-0.2, -0.15) is 0 Å². The van der Waals surface area contributed by atoms with Gasteiger partial charge in [-0.3, -0.25) is 29.7 Å². The quantitative estimate of drug-likeness (QED) is 0.543. The molecule has 108 valence electrons. The lowest BCUT2D eigenvalue weighted by atomic mass is 10.1. The molecule has 0 bridgehead atoms. The number of carbonyl (C=O) groups is 1. The maximum atomic E-state index is 11.7. The fraction of sp³-hybridized carbons (Fsp3) is 0.0833. The molecule has 1 heterocycles. The summed E-state index contributed by atoms with van der Waals surface area (Å²) in [6, 6.07) is 6.53. The zero-order valence-electron chi connectivity index (χ0n) is 10.6. The van der Waals surface area contributed by atoms with Gasteiger partial charge in [-0.05, 0) is 5.56 Å². The van der Waals surface area contributed by atoms with Crippen molar-refractivity contribution in [2.45, 2.75) is 6.42 Å². The summed E-state index contributed by atoms with van der Waals surface area (Å²) < 4.78 is 0. The van der Waals surface area contributed by atoms with Crippen LogP contribution < -0.4 is 16.6 Å². The third kappa shape index (κ3) is 3.86. The molecule has 0 fully saturated rings. The molecular weight excluding hydrogens is 280 g/mol. The van der Waals surface area contributed by atoms with Gasteiger partial charge in [0.15, 0.2) is 0 Å². The first-order chi connectivity index (χ1) is 9.94. The van der Waals surface area contributed by atoms with E-state index in [1.54, 1.807) is 0 Å². The van der Waals surface area contributed by atoms with Crippen molar-refractivity contribution < 1.29 is 9.72 Å². The standard InChI is InChI=1S/C12H10N4O5/c17-10(13-9-6-11(18)15-12(19)14-9)5-7-1-3-8(4-2-7)16(20)21/h1-4,6H,5H2,(H3,13,14,15,17,18,19). The van der Waals surface area contributed by atoms with Crippen molar-refractivity contribution >= 4 is 17.4 Å². The number of nitro benzene ring substituents is 1. The van der Waals surface area contributed by atoms with Crippen molar-refractivity contribution in [1.29, 1.82) is 0 Å². The van der Waals surface area contributed by atoms with Gasteiger partial charge in [0.2, 0.25) is 5.91 Å². The smallest absolute Gasteiger partial charge is 0.312 e.